The van der Waals surface area contributed by atoms with Gasteiger partial charge in [-0.25, -0.2) is 4.98 Å². The van der Waals surface area contributed by atoms with Crippen molar-refractivity contribution in [1.29, 1.82) is 0 Å². The lowest BCUT2D eigenvalue weighted by atomic mass is 10.1. The van der Waals surface area contributed by atoms with Gasteiger partial charge in [0.2, 0.25) is 11.7 Å². The van der Waals surface area contributed by atoms with Crippen LogP contribution in [0, 0.1) is 6.92 Å². The van der Waals surface area contributed by atoms with Crippen molar-refractivity contribution in [3.05, 3.63) is 59.8 Å². The molecule has 1 aliphatic rings. The monoisotopic (exact) mass is 490 g/mol. The predicted octanol–water partition coefficient (Wildman–Crippen LogP) is 3.31. The van der Waals surface area contributed by atoms with Gasteiger partial charge in [0.05, 0.1) is 21.3 Å². The first kappa shape index (κ1) is 24.8. The van der Waals surface area contributed by atoms with E-state index in [9.17, 15) is 4.79 Å². The van der Waals surface area contributed by atoms with Crippen molar-refractivity contribution in [1.82, 2.24) is 20.1 Å². The summed E-state index contributed by atoms with van der Waals surface area (Å²) in [7, 11) is 4.68. The third kappa shape index (κ3) is 5.83. The van der Waals surface area contributed by atoms with E-state index in [1.165, 1.54) is 0 Å². The number of rotatable bonds is 8. The number of ether oxygens (including phenoxy) is 3. The lowest BCUT2D eigenvalue weighted by molar-refractivity contribution is -0.126. The minimum Gasteiger partial charge on any atom is -0.493 e. The molecular formula is C26H30N6O4. The molecule has 0 saturated carbocycles. The molecule has 1 amide bonds. The molecule has 3 aromatic rings. The molecule has 3 heterocycles. The van der Waals surface area contributed by atoms with E-state index < -0.39 is 0 Å². The Hall–Kier alpha value is -4.34. The van der Waals surface area contributed by atoms with E-state index in [0.717, 1.165) is 22.9 Å². The Bertz CT molecular complexity index is 1200. The minimum absolute atomic E-state index is 0.0558. The van der Waals surface area contributed by atoms with Gasteiger partial charge in [0, 0.05) is 37.9 Å². The van der Waals surface area contributed by atoms with E-state index in [1.54, 1.807) is 45.6 Å². The van der Waals surface area contributed by atoms with Gasteiger partial charge in [-0.2, -0.15) is 0 Å². The smallest absolute Gasteiger partial charge is 0.246 e. The van der Waals surface area contributed by atoms with Crippen molar-refractivity contribution in [3.8, 4) is 17.2 Å². The number of nitrogens with zero attached hydrogens (tertiary/aromatic N) is 5. The van der Waals surface area contributed by atoms with E-state index >= 15 is 0 Å². The fourth-order valence-corrected chi connectivity index (χ4v) is 3.93. The van der Waals surface area contributed by atoms with Crippen molar-refractivity contribution in [2.75, 3.05) is 57.7 Å². The highest BCUT2D eigenvalue weighted by Gasteiger charge is 2.21. The maximum absolute atomic E-state index is 12.8. The number of nitrogens with one attached hydrogen (secondary N) is 1. The summed E-state index contributed by atoms with van der Waals surface area (Å²) < 4.78 is 16.1. The van der Waals surface area contributed by atoms with E-state index in [-0.39, 0.29) is 5.91 Å². The van der Waals surface area contributed by atoms with Crippen LogP contribution in [0.3, 0.4) is 0 Å². The number of carbonyl (C=O) groups excluding carboxylic acids is 1. The molecule has 0 aliphatic carbocycles. The molecule has 1 aromatic carbocycles. The molecule has 1 saturated heterocycles. The summed E-state index contributed by atoms with van der Waals surface area (Å²) in [4.78, 5) is 21.1. The molecule has 1 fully saturated rings. The van der Waals surface area contributed by atoms with Gasteiger partial charge >= 0.3 is 0 Å². The number of piperazine rings is 1. The molecule has 1 aliphatic heterocycles. The molecule has 0 spiro atoms. The molecule has 10 heteroatoms. The van der Waals surface area contributed by atoms with Gasteiger partial charge in [-0.15, -0.1) is 10.2 Å². The van der Waals surface area contributed by atoms with E-state index in [4.69, 9.17) is 14.2 Å². The van der Waals surface area contributed by atoms with Gasteiger partial charge in [-0.05, 0) is 55.0 Å². The Morgan fingerprint density at radius 2 is 1.64 bits per heavy atom. The topological polar surface area (TPSA) is 102 Å². The van der Waals surface area contributed by atoms with Crippen LogP contribution in [0.15, 0.2) is 48.5 Å². The highest BCUT2D eigenvalue weighted by Crippen LogP contribution is 2.38. The summed E-state index contributed by atoms with van der Waals surface area (Å²) >= 11 is 0. The molecule has 10 nitrogen and oxygen atoms in total. The molecule has 0 bridgehead atoms. The van der Waals surface area contributed by atoms with Crippen LogP contribution in [0.4, 0.5) is 17.5 Å². The number of aromatic nitrogens is 3. The average molecular weight is 491 g/mol. The second-order valence-electron chi connectivity index (χ2n) is 8.17. The Morgan fingerprint density at radius 1 is 0.917 bits per heavy atom. The Labute approximate surface area is 210 Å². The summed E-state index contributed by atoms with van der Waals surface area (Å²) in [6, 6.07) is 13.2. The van der Waals surface area contributed by atoms with Crippen LogP contribution in [0.25, 0.3) is 6.08 Å². The molecule has 4 rings (SSSR count). The minimum atomic E-state index is -0.0558. The van der Waals surface area contributed by atoms with Crippen molar-refractivity contribution in [2.24, 2.45) is 0 Å². The molecule has 188 valence electrons. The van der Waals surface area contributed by atoms with Crippen molar-refractivity contribution >= 4 is 29.4 Å². The van der Waals surface area contributed by atoms with Gasteiger partial charge < -0.3 is 29.3 Å². The zero-order valence-electron chi connectivity index (χ0n) is 20.9. The third-order valence-corrected chi connectivity index (χ3v) is 5.82. The molecule has 2 aromatic heterocycles. The number of benzene rings is 1. The Balaban J connectivity index is 1.33. The first-order valence-electron chi connectivity index (χ1n) is 11.6. The van der Waals surface area contributed by atoms with E-state index in [0.29, 0.717) is 49.2 Å². The first-order valence-corrected chi connectivity index (χ1v) is 11.6. The molecule has 0 radical (unpaired) electrons. The molecule has 0 atom stereocenters. The van der Waals surface area contributed by atoms with Crippen LogP contribution in [-0.2, 0) is 4.79 Å². The quantitative estimate of drug-likeness (QED) is 0.477. The van der Waals surface area contributed by atoms with Crippen molar-refractivity contribution in [2.45, 2.75) is 6.92 Å². The Morgan fingerprint density at radius 3 is 2.22 bits per heavy atom. The number of hydrogen-bond acceptors (Lipinski definition) is 9. The van der Waals surface area contributed by atoms with Gasteiger partial charge in [-0.1, -0.05) is 6.07 Å². The van der Waals surface area contributed by atoms with Crippen LogP contribution in [0.1, 0.15) is 11.3 Å². The van der Waals surface area contributed by atoms with Gasteiger partial charge in [0.15, 0.2) is 23.1 Å². The molecular weight excluding hydrogens is 460 g/mol. The number of pyridine rings is 1. The van der Waals surface area contributed by atoms with E-state index in [1.807, 2.05) is 42.2 Å². The number of methoxy groups -OCH3 is 3. The van der Waals surface area contributed by atoms with Crippen LogP contribution < -0.4 is 24.4 Å². The molecule has 36 heavy (non-hydrogen) atoms. The van der Waals surface area contributed by atoms with Crippen molar-refractivity contribution in [3.63, 3.8) is 0 Å². The standard InChI is InChI=1S/C26H30N6O4/c1-18-6-5-7-22(27-18)28-23-9-10-24(30-29-23)31-12-14-32(15-13-31)25(33)11-8-19-16-20(34-2)26(36-4)21(17-19)35-3/h5-11,16-17H,12-15H2,1-4H3,(H,27,28,29)/b11-8+. The van der Waals surface area contributed by atoms with Crippen LogP contribution >= 0.6 is 0 Å². The van der Waals surface area contributed by atoms with Crippen LogP contribution in [0.5, 0.6) is 17.2 Å². The predicted molar refractivity (Wildman–Crippen MR) is 138 cm³/mol. The third-order valence-electron chi connectivity index (χ3n) is 5.82. The number of anilines is 3. The largest absolute Gasteiger partial charge is 0.493 e. The highest BCUT2D eigenvalue weighted by atomic mass is 16.5. The zero-order valence-corrected chi connectivity index (χ0v) is 20.9. The number of hydrogen-bond donors (Lipinski definition) is 1. The molecule has 1 N–H and O–H groups in total. The van der Waals surface area contributed by atoms with Gasteiger partial charge in [0.25, 0.3) is 0 Å². The lowest BCUT2D eigenvalue weighted by Crippen LogP contribution is -2.48. The van der Waals surface area contributed by atoms with E-state index in [2.05, 4.69) is 25.4 Å². The second kappa shape index (κ2) is 11.4. The average Bonchev–Trinajstić information content (AvgIpc) is 2.91. The molecule has 0 unspecified atom stereocenters. The maximum atomic E-state index is 12.8. The summed E-state index contributed by atoms with van der Waals surface area (Å²) in [5, 5.41) is 11.8. The number of amides is 1. The first-order chi connectivity index (χ1) is 17.5. The second-order valence-corrected chi connectivity index (χ2v) is 8.17. The number of aryl methyl sites for hydroxylation is 1. The fraction of sp³-hybridized carbons (Fsp3) is 0.308. The zero-order chi connectivity index (χ0) is 25.5. The maximum Gasteiger partial charge on any atom is 0.246 e. The van der Waals surface area contributed by atoms with Gasteiger partial charge in [-0.3, -0.25) is 4.79 Å². The highest BCUT2D eigenvalue weighted by molar-refractivity contribution is 5.92. The Kier molecular flexibility index (Phi) is 7.84. The fourth-order valence-electron chi connectivity index (χ4n) is 3.93. The van der Waals surface area contributed by atoms with Crippen molar-refractivity contribution < 1.29 is 19.0 Å². The number of carbonyl (C=O) groups is 1. The summed E-state index contributed by atoms with van der Waals surface area (Å²) in [6.07, 6.45) is 3.31. The lowest BCUT2D eigenvalue weighted by Gasteiger charge is -2.34. The van der Waals surface area contributed by atoms with Gasteiger partial charge in [0.1, 0.15) is 5.82 Å². The SMILES string of the molecule is COc1cc(/C=C/C(=O)N2CCN(c3ccc(Nc4cccc(C)n4)nn3)CC2)cc(OC)c1OC. The summed E-state index contributed by atoms with van der Waals surface area (Å²) in [6.45, 7) is 4.46. The summed E-state index contributed by atoms with van der Waals surface area (Å²) in [5.41, 5.74) is 1.71. The normalized spacial score (nSPS) is 13.6. The van der Waals surface area contributed by atoms with Crippen LogP contribution in [-0.4, -0.2) is 73.5 Å². The summed E-state index contributed by atoms with van der Waals surface area (Å²) in [5.74, 6) is 3.66. The van der Waals surface area contributed by atoms with Crippen LogP contribution in [0.2, 0.25) is 0 Å².